The van der Waals surface area contributed by atoms with Crippen LogP contribution in [-0.4, -0.2) is 10.1 Å². The van der Waals surface area contributed by atoms with Crippen LogP contribution in [0.5, 0.6) is 0 Å². The van der Waals surface area contributed by atoms with Crippen molar-refractivity contribution in [1.82, 2.24) is 10.1 Å². The van der Waals surface area contributed by atoms with E-state index in [1.165, 1.54) is 0 Å². The van der Waals surface area contributed by atoms with Gasteiger partial charge >= 0.3 is 0 Å². The average molecular weight is 223 g/mol. The number of rotatable bonds is 5. The van der Waals surface area contributed by atoms with E-state index in [0.717, 1.165) is 31.5 Å². The largest absolute Gasteiger partial charge is 0.338 e. The molecular weight excluding hydrogens is 202 g/mol. The second-order valence-corrected chi connectivity index (χ2v) is 5.48. The maximum absolute atomic E-state index is 5.99. The van der Waals surface area contributed by atoms with Gasteiger partial charge in [-0.05, 0) is 18.3 Å². The Labute approximate surface area is 96.6 Å². The van der Waals surface area contributed by atoms with Crippen molar-refractivity contribution < 1.29 is 4.52 Å². The van der Waals surface area contributed by atoms with Crippen molar-refractivity contribution in [1.29, 1.82) is 0 Å². The smallest absolute Gasteiger partial charge is 0.243 e. The van der Waals surface area contributed by atoms with Crippen LogP contribution in [0.3, 0.4) is 0 Å². The predicted octanol–water partition coefficient (Wildman–Crippen LogP) is 2.77. The molecule has 4 nitrogen and oxygen atoms in total. The normalized spacial score (nSPS) is 24.4. The van der Waals surface area contributed by atoms with E-state index >= 15 is 0 Å². The first-order chi connectivity index (χ1) is 7.54. The molecule has 1 unspecified atom stereocenters. The standard InChI is InChI=1S/C12H21N3O/c1-4-5-6-9(13)11-14-10(15-16-11)8-7-12(8,2)3/h8-9H,4-7,13H2,1-3H3/t8?,9-/m0/s1. The fraction of sp³-hybridized carbons (Fsp3) is 0.833. The van der Waals surface area contributed by atoms with E-state index in [-0.39, 0.29) is 6.04 Å². The Morgan fingerprint density at radius 1 is 1.56 bits per heavy atom. The average Bonchev–Trinajstić information content (AvgIpc) is 2.67. The second-order valence-electron chi connectivity index (χ2n) is 5.48. The van der Waals surface area contributed by atoms with Gasteiger partial charge in [0.25, 0.3) is 0 Å². The molecule has 2 rings (SSSR count). The third kappa shape index (κ3) is 2.26. The van der Waals surface area contributed by atoms with Crippen LogP contribution < -0.4 is 5.73 Å². The Hall–Kier alpha value is -0.900. The molecule has 0 spiro atoms. The maximum atomic E-state index is 5.99. The van der Waals surface area contributed by atoms with Crippen LogP contribution in [0, 0.1) is 5.41 Å². The maximum Gasteiger partial charge on any atom is 0.243 e. The number of unbranched alkanes of at least 4 members (excludes halogenated alkanes) is 1. The third-order valence-electron chi connectivity index (χ3n) is 3.47. The van der Waals surface area contributed by atoms with Crippen molar-refractivity contribution in [2.45, 2.75) is 58.4 Å². The molecule has 1 aromatic heterocycles. The lowest BCUT2D eigenvalue weighted by Gasteiger charge is -2.03. The summed E-state index contributed by atoms with van der Waals surface area (Å²) in [5.74, 6) is 1.90. The van der Waals surface area contributed by atoms with Crippen molar-refractivity contribution in [3.63, 3.8) is 0 Å². The zero-order valence-corrected chi connectivity index (χ0v) is 10.4. The minimum absolute atomic E-state index is 0.0944. The predicted molar refractivity (Wildman–Crippen MR) is 61.9 cm³/mol. The zero-order chi connectivity index (χ0) is 11.8. The van der Waals surface area contributed by atoms with E-state index in [1.54, 1.807) is 0 Å². The summed E-state index contributed by atoms with van der Waals surface area (Å²) in [6.45, 7) is 6.61. The van der Waals surface area contributed by atoms with Gasteiger partial charge in [-0.25, -0.2) is 0 Å². The molecule has 1 aliphatic carbocycles. The zero-order valence-electron chi connectivity index (χ0n) is 10.4. The first-order valence-corrected chi connectivity index (χ1v) is 6.13. The number of hydrogen-bond donors (Lipinski definition) is 1. The van der Waals surface area contributed by atoms with Crippen LogP contribution in [-0.2, 0) is 0 Å². The third-order valence-corrected chi connectivity index (χ3v) is 3.47. The number of hydrogen-bond acceptors (Lipinski definition) is 4. The fourth-order valence-corrected chi connectivity index (χ4v) is 1.99. The molecule has 1 heterocycles. The summed E-state index contributed by atoms with van der Waals surface area (Å²) in [6.07, 6.45) is 4.32. The van der Waals surface area contributed by atoms with Crippen molar-refractivity contribution in [3.05, 3.63) is 11.7 Å². The number of nitrogens with zero attached hydrogens (tertiary/aromatic N) is 2. The summed E-state index contributed by atoms with van der Waals surface area (Å²) in [5, 5.41) is 4.04. The van der Waals surface area contributed by atoms with Gasteiger partial charge in [-0.15, -0.1) is 0 Å². The van der Waals surface area contributed by atoms with Gasteiger partial charge in [0, 0.05) is 5.92 Å². The van der Waals surface area contributed by atoms with E-state index in [2.05, 4.69) is 30.9 Å². The SMILES string of the molecule is CCCC[C@H](N)c1nc(C2CC2(C)C)no1. The summed E-state index contributed by atoms with van der Waals surface area (Å²) in [7, 11) is 0. The van der Waals surface area contributed by atoms with Gasteiger partial charge in [-0.3, -0.25) is 0 Å². The van der Waals surface area contributed by atoms with E-state index in [4.69, 9.17) is 10.3 Å². The van der Waals surface area contributed by atoms with Crippen LogP contribution in [0.4, 0.5) is 0 Å². The van der Waals surface area contributed by atoms with Gasteiger partial charge in [0.2, 0.25) is 5.89 Å². The molecule has 2 N–H and O–H groups in total. The minimum Gasteiger partial charge on any atom is -0.338 e. The first kappa shape index (κ1) is 11.6. The molecular formula is C12H21N3O. The Morgan fingerprint density at radius 2 is 2.25 bits per heavy atom. The van der Waals surface area contributed by atoms with E-state index in [9.17, 15) is 0 Å². The van der Waals surface area contributed by atoms with Gasteiger partial charge in [-0.1, -0.05) is 38.8 Å². The minimum atomic E-state index is -0.0944. The lowest BCUT2D eigenvalue weighted by Crippen LogP contribution is -2.10. The molecule has 90 valence electrons. The highest BCUT2D eigenvalue weighted by molar-refractivity contribution is 5.14. The highest BCUT2D eigenvalue weighted by Crippen LogP contribution is 2.57. The molecule has 16 heavy (non-hydrogen) atoms. The fourth-order valence-electron chi connectivity index (χ4n) is 1.99. The molecule has 0 saturated heterocycles. The van der Waals surface area contributed by atoms with Crippen LogP contribution in [0.15, 0.2) is 4.52 Å². The molecule has 1 saturated carbocycles. The van der Waals surface area contributed by atoms with Crippen LogP contribution in [0.2, 0.25) is 0 Å². The summed E-state index contributed by atoms with van der Waals surface area (Å²) < 4.78 is 5.23. The van der Waals surface area contributed by atoms with Crippen molar-refractivity contribution >= 4 is 0 Å². The van der Waals surface area contributed by atoms with Crippen molar-refractivity contribution in [3.8, 4) is 0 Å². The van der Waals surface area contributed by atoms with Crippen LogP contribution in [0.25, 0.3) is 0 Å². The number of nitrogens with two attached hydrogens (primary N) is 1. The quantitative estimate of drug-likeness (QED) is 0.833. The molecule has 0 amide bonds. The highest BCUT2D eigenvalue weighted by atomic mass is 16.5. The summed E-state index contributed by atoms with van der Waals surface area (Å²) in [6, 6.07) is -0.0944. The molecule has 1 aromatic rings. The second kappa shape index (κ2) is 4.17. The summed E-state index contributed by atoms with van der Waals surface area (Å²) >= 11 is 0. The molecule has 0 aliphatic heterocycles. The van der Waals surface area contributed by atoms with Gasteiger partial charge < -0.3 is 10.3 Å². The molecule has 4 heteroatoms. The Balaban J connectivity index is 1.97. The van der Waals surface area contributed by atoms with Gasteiger partial charge in [-0.2, -0.15) is 4.98 Å². The first-order valence-electron chi connectivity index (χ1n) is 6.13. The molecule has 0 bridgehead atoms. The molecule has 0 radical (unpaired) electrons. The van der Waals surface area contributed by atoms with E-state index in [1.807, 2.05) is 0 Å². The Kier molecular flexibility index (Phi) is 3.02. The highest BCUT2D eigenvalue weighted by Gasteiger charge is 2.49. The van der Waals surface area contributed by atoms with Crippen LogP contribution in [0.1, 0.15) is 70.1 Å². The van der Waals surface area contributed by atoms with Crippen LogP contribution >= 0.6 is 0 Å². The van der Waals surface area contributed by atoms with Gasteiger partial charge in [0.05, 0.1) is 6.04 Å². The Morgan fingerprint density at radius 3 is 2.81 bits per heavy atom. The Bertz CT molecular complexity index is 359. The van der Waals surface area contributed by atoms with Gasteiger partial charge in [0.1, 0.15) is 0 Å². The molecule has 1 aliphatic rings. The summed E-state index contributed by atoms with van der Waals surface area (Å²) in [5.41, 5.74) is 6.33. The summed E-state index contributed by atoms with van der Waals surface area (Å²) in [4.78, 5) is 4.42. The lowest BCUT2D eigenvalue weighted by molar-refractivity contribution is 0.342. The molecule has 0 aromatic carbocycles. The van der Waals surface area contributed by atoms with Gasteiger partial charge in [0.15, 0.2) is 5.82 Å². The monoisotopic (exact) mass is 223 g/mol. The topological polar surface area (TPSA) is 64.9 Å². The number of aromatic nitrogens is 2. The van der Waals surface area contributed by atoms with E-state index < -0.39 is 0 Å². The van der Waals surface area contributed by atoms with E-state index in [0.29, 0.717) is 17.2 Å². The molecule has 2 atom stereocenters. The molecule has 1 fully saturated rings. The van der Waals surface area contributed by atoms with Crippen molar-refractivity contribution in [2.24, 2.45) is 11.1 Å². The van der Waals surface area contributed by atoms with Crippen molar-refractivity contribution in [2.75, 3.05) is 0 Å². The lowest BCUT2D eigenvalue weighted by atomic mass is 10.1.